The lowest BCUT2D eigenvalue weighted by molar-refractivity contribution is -0.124. The van der Waals surface area contributed by atoms with Gasteiger partial charge in [-0.1, -0.05) is 41.4 Å². The third kappa shape index (κ3) is 3.28. The van der Waals surface area contributed by atoms with Gasteiger partial charge in [0.1, 0.15) is 5.82 Å². The molecule has 20 heavy (non-hydrogen) atoms. The van der Waals surface area contributed by atoms with Crippen molar-refractivity contribution in [3.63, 3.8) is 0 Å². The molecular weight excluding hydrogens is 304 g/mol. The highest BCUT2D eigenvalue weighted by Crippen LogP contribution is 2.26. The molecule has 0 aliphatic heterocycles. The van der Waals surface area contributed by atoms with Crippen LogP contribution in [-0.4, -0.2) is 11.0 Å². The SMILES string of the molecule is O=C(Nc1ccc(Cl)c(Cl)c1)C(O)c1ccccc1F. The first-order valence-corrected chi connectivity index (χ1v) is 6.43. The minimum atomic E-state index is -1.61. The van der Waals surface area contributed by atoms with Crippen molar-refractivity contribution in [3.8, 4) is 0 Å². The van der Waals surface area contributed by atoms with Gasteiger partial charge in [0.15, 0.2) is 6.10 Å². The van der Waals surface area contributed by atoms with Crippen LogP contribution in [0.4, 0.5) is 10.1 Å². The number of hydrogen-bond donors (Lipinski definition) is 2. The van der Waals surface area contributed by atoms with E-state index in [0.29, 0.717) is 10.7 Å². The van der Waals surface area contributed by atoms with Crippen molar-refractivity contribution in [1.29, 1.82) is 0 Å². The predicted molar refractivity (Wildman–Crippen MR) is 76.5 cm³/mol. The maximum atomic E-state index is 13.5. The van der Waals surface area contributed by atoms with Crippen molar-refractivity contribution in [2.24, 2.45) is 0 Å². The molecule has 6 heteroatoms. The van der Waals surface area contributed by atoms with E-state index in [-0.39, 0.29) is 10.6 Å². The van der Waals surface area contributed by atoms with Crippen LogP contribution in [0.15, 0.2) is 42.5 Å². The quantitative estimate of drug-likeness (QED) is 0.905. The van der Waals surface area contributed by atoms with E-state index in [2.05, 4.69) is 5.32 Å². The summed E-state index contributed by atoms with van der Waals surface area (Å²) < 4.78 is 13.5. The van der Waals surface area contributed by atoms with Crippen molar-refractivity contribution >= 4 is 34.8 Å². The number of aliphatic hydroxyl groups excluding tert-OH is 1. The lowest BCUT2D eigenvalue weighted by Gasteiger charge is -2.12. The molecule has 3 nitrogen and oxygen atoms in total. The molecule has 0 aliphatic rings. The monoisotopic (exact) mass is 313 g/mol. The predicted octanol–water partition coefficient (Wildman–Crippen LogP) is 3.80. The average Bonchev–Trinajstić information content (AvgIpc) is 2.42. The molecule has 0 saturated carbocycles. The number of nitrogens with one attached hydrogen (secondary N) is 1. The van der Waals surface area contributed by atoms with Crippen molar-refractivity contribution in [2.45, 2.75) is 6.10 Å². The molecule has 2 rings (SSSR count). The number of anilines is 1. The van der Waals surface area contributed by atoms with Crippen LogP contribution in [0.5, 0.6) is 0 Å². The number of rotatable bonds is 3. The Morgan fingerprint density at radius 1 is 1.15 bits per heavy atom. The summed E-state index contributed by atoms with van der Waals surface area (Å²) in [6.45, 7) is 0. The molecule has 0 aromatic heterocycles. The van der Waals surface area contributed by atoms with Crippen LogP contribution in [-0.2, 0) is 4.79 Å². The summed E-state index contributed by atoms with van der Waals surface area (Å²) >= 11 is 11.6. The summed E-state index contributed by atoms with van der Waals surface area (Å²) in [5.41, 5.74) is 0.268. The van der Waals surface area contributed by atoms with Gasteiger partial charge in [-0.15, -0.1) is 0 Å². The highest BCUT2D eigenvalue weighted by atomic mass is 35.5. The lowest BCUT2D eigenvalue weighted by Crippen LogP contribution is -2.21. The van der Waals surface area contributed by atoms with Gasteiger partial charge < -0.3 is 10.4 Å². The van der Waals surface area contributed by atoms with Crippen LogP contribution in [0.2, 0.25) is 10.0 Å². The van der Waals surface area contributed by atoms with Gasteiger partial charge in [0.25, 0.3) is 5.91 Å². The third-order valence-electron chi connectivity index (χ3n) is 2.64. The van der Waals surface area contributed by atoms with Gasteiger partial charge >= 0.3 is 0 Å². The maximum absolute atomic E-state index is 13.5. The first kappa shape index (κ1) is 14.8. The van der Waals surface area contributed by atoms with Crippen molar-refractivity contribution in [3.05, 3.63) is 63.9 Å². The molecule has 2 N–H and O–H groups in total. The van der Waals surface area contributed by atoms with Crippen molar-refractivity contribution in [1.82, 2.24) is 0 Å². The van der Waals surface area contributed by atoms with E-state index in [1.165, 1.54) is 42.5 Å². The highest BCUT2D eigenvalue weighted by Gasteiger charge is 2.20. The largest absolute Gasteiger partial charge is 0.378 e. The van der Waals surface area contributed by atoms with Crippen LogP contribution in [0.25, 0.3) is 0 Å². The Labute approximate surface area is 124 Å². The molecule has 1 atom stereocenters. The number of carbonyl (C=O) groups is 1. The van der Waals surface area contributed by atoms with Crippen LogP contribution in [0, 0.1) is 5.82 Å². The zero-order valence-corrected chi connectivity index (χ0v) is 11.6. The molecule has 0 radical (unpaired) electrons. The summed E-state index contributed by atoms with van der Waals surface area (Å²) in [5, 5.41) is 12.9. The molecule has 0 spiro atoms. The average molecular weight is 314 g/mol. The molecule has 0 aliphatic carbocycles. The highest BCUT2D eigenvalue weighted by molar-refractivity contribution is 6.42. The van der Waals surface area contributed by atoms with E-state index in [1.807, 2.05) is 0 Å². The van der Waals surface area contributed by atoms with Gasteiger partial charge in [-0.05, 0) is 24.3 Å². The Hall–Kier alpha value is -1.62. The third-order valence-corrected chi connectivity index (χ3v) is 3.37. The fourth-order valence-electron chi connectivity index (χ4n) is 1.62. The lowest BCUT2D eigenvalue weighted by atomic mass is 10.1. The minimum absolute atomic E-state index is 0.0925. The van der Waals surface area contributed by atoms with Gasteiger partial charge in [0.05, 0.1) is 10.0 Å². The number of benzene rings is 2. The first-order valence-electron chi connectivity index (χ1n) is 5.67. The van der Waals surface area contributed by atoms with Gasteiger partial charge in [-0.2, -0.15) is 0 Å². The Kier molecular flexibility index (Phi) is 4.60. The summed E-state index contributed by atoms with van der Waals surface area (Å²) in [4.78, 5) is 11.9. The second kappa shape index (κ2) is 6.22. The van der Waals surface area contributed by atoms with Gasteiger partial charge in [0.2, 0.25) is 0 Å². The Morgan fingerprint density at radius 2 is 1.85 bits per heavy atom. The minimum Gasteiger partial charge on any atom is -0.378 e. The van der Waals surface area contributed by atoms with E-state index in [9.17, 15) is 14.3 Å². The number of carbonyl (C=O) groups excluding carboxylic acids is 1. The Morgan fingerprint density at radius 3 is 2.50 bits per heavy atom. The first-order chi connectivity index (χ1) is 9.49. The number of halogens is 3. The van der Waals surface area contributed by atoms with E-state index in [4.69, 9.17) is 23.2 Å². The molecule has 2 aromatic carbocycles. The molecule has 0 bridgehead atoms. The second-order valence-electron chi connectivity index (χ2n) is 4.04. The van der Waals surface area contributed by atoms with Crippen LogP contribution < -0.4 is 5.32 Å². The molecule has 1 unspecified atom stereocenters. The zero-order chi connectivity index (χ0) is 14.7. The topological polar surface area (TPSA) is 49.3 Å². The molecular formula is C14H10Cl2FNO2. The van der Waals surface area contributed by atoms with Gasteiger partial charge in [0, 0.05) is 11.3 Å². The van der Waals surface area contributed by atoms with E-state index in [1.54, 1.807) is 0 Å². The van der Waals surface area contributed by atoms with Gasteiger partial charge in [-0.25, -0.2) is 4.39 Å². The van der Waals surface area contributed by atoms with Crippen molar-refractivity contribution < 1.29 is 14.3 Å². The van der Waals surface area contributed by atoms with Crippen LogP contribution >= 0.6 is 23.2 Å². The van der Waals surface area contributed by atoms with Crippen molar-refractivity contribution in [2.75, 3.05) is 5.32 Å². The van der Waals surface area contributed by atoms with Crippen LogP contribution in [0.1, 0.15) is 11.7 Å². The number of hydrogen-bond acceptors (Lipinski definition) is 2. The van der Waals surface area contributed by atoms with Gasteiger partial charge in [-0.3, -0.25) is 4.79 Å². The normalized spacial score (nSPS) is 12.0. The maximum Gasteiger partial charge on any atom is 0.257 e. The molecule has 0 saturated heterocycles. The Bertz CT molecular complexity index is 649. The van der Waals surface area contributed by atoms with E-state index < -0.39 is 17.8 Å². The van der Waals surface area contributed by atoms with E-state index >= 15 is 0 Å². The number of aliphatic hydroxyl groups is 1. The fourth-order valence-corrected chi connectivity index (χ4v) is 1.92. The summed E-state index contributed by atoms with van der Waals surface area (Å²) in [5.74, 6) is -1.40. The number of amides is 1. The Balaban J connectivity index is 2.15. The fraction of sp³-hybridized carbons (Fsp3) is 0.0714. The standard InChI is InChI=1S/C14H10Cl2FNO2/c15-10-6-5-8(7-11(10)16)18-14(20)13(19)9-3-1-2-4-12(9)17/h1-7,13,19H,(H,18,20). The molecule has 0 heterocycles. The molecule has 2 aromatic rings. The van der Waals surface area contributed by atoms with E-state index in [0.717, 1.165) is 0 Å². The van der Waals surface area contributed by atoms with Crippen LogP contribution in [0.3, 0.4) is 0 Å². The molecule has 1 amide bonds. The smallest absolute Gasteiger partial charge is 0.257 e. The summed E-state index contributed by atoms with van der Waals surface area (Å²) in [6.07, 6.45) is -1.61. The summed E-state index contributed by atoms with van der Waals surface area (Å²) in [6, 6.07) is 10.0. The summed E-state index contributed by atoms with van der Waals surface area (Å²) in [7, 11) is 0. The zero-order valence-electron chi connectivity index (χ0n) is 10.1. The molecule has 104 valence electrons. The second-order valence-corrected chi connectivity index (χ2v) is 4.86. The molecule has 0 fully saturated rings.